The van der Waals surface area contributed by atoms with Gasteiger partial charge in [-0.2, -0.15) is 0 Å². The van der Waals surface area contributed by atoms with Crippen LogP contribution in [0.15, 0.2) is 0 Å². The van der Waals surface area contributed by atoms with Gasteiger partial charge in [0.1, 0.15) is 0 Å². The second-order valence-electron chi connectivity index (χ2n) is 3.63. The lowest BCUT2D eigenvalue weighted by atomic mass is 10.1. The van der Waals surface area contributed by atoms with E-state index >= 15 is 0 Å². The van der Waals surface area contributed by atoms with Gasteiger partial charge < -0.3 is 5.73 Å². The van der Waals surface area contributed by atoms with Crippen LogP contribution in [0, 0.1) is 0 Å². The molecule has 0 aromatic carbocycles. The van der Waals surface area contributed by atoms with Crippen LogP contribution in [0.3, 0.4) is 0 Å². The minimum absolute atomic E-state index is 0. The second-order valence-corrected chi connectivity index (χ2v) is 3.63. The molecule has 1 saturated heterocycles. The van der Waals surface area contributed by atoms with Gasteiger partial charge in [-0.15, -0.1) is 24.8 Å². The van der Waals surface area contributed by atoms with Crippen LogP contribution in [-0.4, -0.2) is 30.1 Å². The van der Waals surface area contributed by atoms with Crippen LogP contribution < -0.4 is 5.73 Å². The standard InChI is InChI=1S/C8H16N2.2ClH/c9-7-2-1-5-10(6-7)8-3-4-8;;/h7-8H,1-6,9H2;2*1H/t7-;;/m0../s1. The normalized spacial score (nSPS) is 30.2. The number of rotatable bonds is 1. The van der Waals surface area contributed by atoms with Gasteiger partial charge in [0.25, 0.3) is 0 Å². The zero-order valence-corrected chi connectivity index (χ0v) is 8.87. The Labute approximate surface area is 86.7 Å². The summed E-state index contributed by atoms with van der Waals surface area (Å²) in [5.41, 5.74) is 5.85. The van der Waals surface area contributed by atoms with Crippen LogP contribution in [0.25, 0.3) is 0 Å². The Balaban J connectivity index is 0.000000605. The van der Waals surface area contributed by atoms with Gasteiger partial charge >= 0.3 is 0 Å². The van der Waals surface area contributed by atoms with E-state index in [0.29, 0.717) is 6.04 Å². The minimum atomic E-state index is 0. The van der Waals surface area contributed by atoms with E-state index in [9.17, 15) is 0 Å². The van der Waals surface area contributed by atoms with Gasteiger partial charge in [-0.1, -0.05) is 0 Å². The maximum atomic E-state index is 5.85. The van der Waals surface area contributed by atoms with Crippen molar-refractivity contribution in [2.45, 2.75) is 37.8 Å². The predicted octanol–water partition coefficient (Wildman–Crippen LogP) is 1.42. The maximum absolute atomic E-state index is 5.85. The van der Waals surface area contributed by atoms with Crippen molar-refractivity contribution in [3.63, 3.8) is 0 Å². The Morgan fingerprint density at radius 1 is 1.08 bits per heavy atom. The highest BCUT2D eigenvalue weighted by molar-refractivity contribution is 5.85. The molecule has 0 bridgehead atoms. The molecular weight excluding hydrogens is 195 g/mol. The van der Waals surface area contributed by atoms with Gasteiger partial charge in [0.15, 0.2) is 0 Å². The van der Waals surface area contributed by atoms with E-state index in [0.717, 1.165) is 12.6 Å². The van der Waals surface area contributed by atoms with E-state index in [1.165, 1.54) is 32.2 Å². The first-order valence-electron chi connectivity index (χ1n) is 4.36. The Morgan fingerprint density at radius 2 is 1.75 bits per heavy atom. The van der Waals surface area contributed by atoms with Gasteiger partial charge in [0, 0.05) is 18.6 Å². The summed E-state index contributed by atoms with van der Waals surface area (Å²) in [7, 11) is 0. The highest BCUT2D eigenvalue weighted by atomic mass is 35.5. The Kier molecular flexibility index (Phi) is 5.50. The van der Waals surface area contributed by atoms with E-state index in [1.54, 1.807) is 0 Å². The SMILES string of the molecule is Cl.Cl.N[C@H]1CCCN(C2CC2)C1. The molecule has 1 aliphatic carbocycles. The van der Waals surface area contributed by atoms with E-state index < -0.39 is 0 Å². The van der Waals surface area contributed by atoms with Crippen molar-refractivity contribution in [1.29, 1.82) is 0 Å². The van der Waals surface area contributed by atoms with E-state index in [-0.39, 0.29) is 24.8 Å². The average Bonchev–Trinajstić information content (AvgIpc) is 2.68. The number of hydrogen-bond acceptors (Lipinski definition) is 2. The molecular formula is C8H18Cl2N2. The number of likely N-dealkylation sites (tertiary alicyclic amines) is 1. The van der Waals surface area contributed by atoms with Crippen molar-refractivity contribution in [2.75, 3.05) is 13.1 Å². The predicted molar refractivity (Wildman–Crippen MR) is 56.3 cm³/mol. The van der Waals surface area contributed by atoms with Crippen LogP contribution in [0.4, 0.5) is 0 Å². The first-order valence-corrected chi connectivity index (χ1v) is 4.36. The molecule has 12 heavy (non-hydrogen) atoms. The Bertz CT molecular complexity index is 128. The zero-order chi connectivity index (χ0) is 6.97. The molecule has 0 radical (unpaired) electrons. The van der Waals surface area contributed by atoms with Crippen molar-refractivity contribution in [1.82, 2.24) is 4.90 Å². The summed E-state index contributed by atoms with van der Waals surface area (Å²) < 4.78 is 0. The number of hydrogen-bond donors (Lipinski definition) is 1. The van der Waals surface area contributed by atoms with Crippen molar-refractivity contribution >= 4 is 24.8 Å². The highest BCUT2D eigenvalue weighted by Crippen LogP contribution is 2.28. The van der Waals surface area contributed by atoms with E-state index in [4.69, 9.17) is 5.73 Å². The van der Waals surface area contributed by atoms with Crippen molar-refractivity contribution in [2.24, 2.45) is 5.73 Å². The molecule has 2 aliphatic rings. The summed E-state index contributed by atoms with van der Waals surface area (Å²) in [6.45, 7) is 2.46. The second kappa shape index (κ2) is 5.28. The van der Waals surface area contributed by atoms with Crippen molar-refractivity contribution in [3.8, 4) is 0 Å². The summed E-state index contributed by atoms with van der Waals surface area (Å²) in [5, 5.41) is 0. The number of piperidine rings is 1. The van der Waals surface area contributed by atoms with Crippen LogP contribution in [-0.2, 0) is 0 Å². The summed E-state index contributed by atoms with van der Waals surface area (Å²) in [5.74, 6) is 0. The summed E-state index contributed by atoms with van der Waals surface area (Å²) in [6.07, 6.45) is 5.40. The molecule has 2 fully saturated rings. The van der Waals surface area contributed by atoms with Crippen LogP contribution in [0.2, 0.25) is 0 Å². The van der Waals surface area contributed by atoms with Gasteiger partial charge in [0.2, 0.25) is 0 Å². The summed E-state index contributed by atoms with van der Waals surface area (Å²) >= 11 is 0. The van der Waals surface area contributed by atoms with Gasteiger partial charge in [0.05, 0.1) is 0 Å². The zero-order valence-electron chi connectivity index (χ0n) is 7.24. The fourth-order valence-corrected chi connectivity index (χ4v) is 1.81. The molecule has 2 N–H and O–H groups in total. The van der Waals surface area contributed by atoms with Crippen LogP contribution in [0.1, 0.15) is 25.7 Å². The lowest BCUT2D eigenvalue weighted by molar-refractivity contribution is 0.200. The Hall–Kier alpha value is 0.500. The van der Waals surface area contributed by atoms with Crippen molar-refractivity contribution in [3.05, 3.63) is 0 Å². The molecule has 4 heteroatoms. The molecule has 2 rings (SSSR count). The topological polar surface area (TPSA) is 29.3 Å². The molecule has 2 nitrogen and oxygen atoms in total. The van der Waals surface area contributed by atoms with Gasteiger partial charge in [-0.05, 0) is 32.2 Å². The molecule has 0 amide bonds. The molecule has 0 aromatic rings. The first kappa shape index (κ1) is 12.5. The highest BCUT2D eigenvalue weighted by Gasteiger charge is 2.31. The minimum Gasteiger partial charge on any atom is -0.327 e. The fraction of sp³-hybridized carbons (Fsp3) is 1.00. The molecule has 1 aliphatic heterocycles. The molecule has 1 heterocycles. The first-order chi connectivity index (χ1) is 4.86. The number of nitrogens with zero attached hydrogens (tertiary/aromatic N) is 1. The lowest BCUT2D eigenvalue weighted by Crippen LogP contribution is -2.43. The summed E-state index contributed by atoms with van der Waals surface area (Å²) in [6, 6.07) is 1.39. The molecule has 74 valence electrons. The maximum Gasteiger partial charge on any atom is 0.0168 e. The van der Waals surface area contributed by atoms with E-state index in [2.05, 4.69) is 4.90 Å². The van der Waals surface area contributed by atoms with E-state index in [1.807, 2.05) is 0 Å². The monoisotopic (exact) mass is 212 g/mol. The molecule has 1 saturated carbocycles. The average molecular weight is 213 g/mol. The van der Waals surface area contributed by atoms with Gasteiger partial charge in [-0.3, -0.25) is 4.90 Å². The van der Waals surface area contributed by atoms with Crippen molar-refractivity contribution < 1.29 is 0 Å². The van der Waals surface area contributed by atoms with Crippen LogP contribution in [0.5, 0.6) is 0 Å². The third-order valence-corrected chi connectivity index (χ3v) is 2.55. The third kappa shape index (κ3) is 3.09. The van der Waals surface area contributed by atoms with Gasteiger partial charge in [-0.25, -0.2) is 0 Å². The molecule has 0 unspecified atom stereocenters. The smallest absolute Gasteiger partial charge is 0.0168 e. The lowest BCUT2D eigenvalue weighted by Gasteiger charge is -2.30. The molecule has 0 aromatic heterocycles. The summed E-state index contributed by atoms with van der Waals surface area (Å²) in [4.78, 5) is 2.56. The fourth-order valence-electron chi connectivity index (χ4n) is 1.81. The molecule has 0 spiro atoms. The third-order valence-electron chi connectivity index (χ3n) is 2.55. The quantitative estimate of drug-likeness (QED) is 0.713. The molecule has 1 atom stereocenters. The number of halogens is 2. The van der Waals surface area contributed by atoms with Crippen LogP contribution >= 0.6 is 24.8 Å². The number of nitrogens with two attached hydrogens (primary N) is 1. The largest absolute Gasteiger partial charge is 0.327 e. The Morgan fingerprint density at radius 3 is 2.25 bits per heavy atom.